The van der Waals surface area contributed by atoms with Crippen LogP contribution in [0.2, 0.25) is 5.02 Å². The fraction of sp³-hybridized carbons (Fsp3) is 0.480. The molecule has 1 aliphatic heterocycles. The van der Waals surface area contributed by atoms with Gasteiger partial charge in [-0.25, -0.2) is 8.42 Å². The zero-order valence-corrected chi connectivity index (χ0v) is 22.3. The Balaban J connectivity index is 1.44. The van der Waals surface area contributed by atoms with E-state index in [1.807, 2.05) is 0 Å². The van der Waals surface area contributed by atoms with Crippen LogP contribution in [-0.2, 0) is 24.3 Å². The number of hydrogen-bond donors (Lipinski definition) is 3. The number of nitrogens with one attached hydrogen (secondary N) is 2. The Kier molecular flexibility index (Phi) is 7.96. The number of benzene rings is 2. The van der Waals surface area contributed by atoms with Crippen LogP contribution in [0, 0.1) is 11.3 Å². The van der Waals surface area contributed by atoms with Crippen LogP contribution in [0.25, 0.3) is 10.8 Å². The fourth-order valence-electron chi connectivity index (χ4n) is 5.19. The first-order chi connectivity index (χ1) is 17.6. The third-order valence-corrected chi connectivity index (χ3v) is 9.31. The quantitative estimate of drug-likeness (QED) is 0.284. The molecular formula is C25H32ClN5O5S. The molecule has 0 spiro atoms. The number of carbonyl (C=O) groups is 2. The molecule has 0 radical (unpaired) electrons. The van der Waals surface area contributed by atoms with Crippen LogP contribution in [0.3, 0.4) is 0 Å². The predicted octanol–water partition coefficient (Wildman–Crippen LogP) is 2.30. The second kappa shape index (κ2) is 10.8. The molecule has 200 valence electrons. The highest BCUT2D eigenvalue weighted by Crippen LogP contribution is 2.35. The van der Waals surface area contributed by atoms with Gasteiger partial charge in [0.25, 0.3) is 0 Å². The van der Waals surface area contributed by atoms with Gasteiger partial charge in [0.05, 0.1) is 17.4 Å². The monoisotopic (exact) mass is 549 g/mol. The number of piperazine rings is 1. The number of amides is 1. The largest absolute Gasteiger partial charge is 0.466 e. The molecule has 1 aliphatic carbocycles. The second-order valence-corrected chi connectivity index (χ2v) is 11.9. The summed E-state index contributed by atoms with van der Waals surface area (Å²) in [6.45, 7) is 2.77. The van der Waals surface area contributed by atoms with Crippen molar-refractivity contribution < 1.29 is 22.7 Å². The van der Waals surface area contributed by atoms with E-state index in [-0.39, 0.29) is 54.8 Å². The Hall–Kier alpha value is -2.89. The van der Waals surface area contributed by atoms with E-state index in [2.05, 4.69) is 5.32 Å². The standard InChI is InChI=1S/C25H32ClN5O5S/c1-2-36-22(32)17-7-9-25(10-8-17,29-24(27)28)23(33)30-11-13-31(14-12-30)37(34,35)21-6-4-18-15-20(26)5-3-19(18)16-21/h3-6,15-17H,2,7-14H2,1H3,(H4,27,28,29)/t17-,25+. The lowest BCUT2D eigenvalue weighted by Crippen LogP contribution is -2.64. The number of sulfonamides is 1. The van der Waals surface area contributed by atoms with Crippen molar-refractivity contribution in [3.8, 4) is 0 Å². The first-order valence-corrected chi connectivity index (χ1v) is 14.2. The van der Waals surface area contributed by atoms with E-state index in [1.165, 1.54) is 4.31 Å². The molecule has 1 saturated carbocycles. The van der Waals surface area contributed by atoms with Crippen molar-refractivity contribution in [1.29, 1.82) is 5.41 Å². The van der Waals surface area contributed by atoms with Crippen molar-refractivity contribution >= 4 is 50.2 Å². The van der Waals surface area contributed by atoms with Crippen molar-refractivity contribution in [1.82, 2.24) is 14.5 Å². The molecule has 0 unspecified atom stereocenters. The maximum Gasteiger partial charge on any atom is 0.308 e. The SMILES string of the molecule is CCOC(=O)[C@H]1CC[C@](NC(=N)N)(C(=O)N2CCN(S(=O)(=O)c3ccc4cc(Cl)ccc4c3)CC2)CC1. The van der Waals surface area contributed by atoms with Gasteiger partial charge < -0.3 is 20.7 Å². The summed E-state index contributed by atoms with van der Waals surface area (Å²) in [5.74, 6) is -1.12. The summed E-state index contributed by atoms with van der Waals surface area (Å²) in [5, 5.41) is 12.8. The van der Waals surface area contributed by atoms with Gasteiger partial charge in [0.1, 0.15) is 5.54 Å². The number of esters is 1. The summed E-state index contributed by atoms with van der Waals surface area (Å²) in [7, 11) is -3.75. The Morgan fingerprint density at radius 1 is 1.11 bits per heavy atom. The topological polar surface area (TPSA) is 146 Å². The Bertz CT molecular complexity index is 1300. The summed E-state index contributed by atoms with van der Waals surface area (Å²) in [6.07, 6.45) is 1.53. The summed E-state index contributed by atoms with van der Waals surface area (Å²) in [6, 6.07) is 10.2. The molecule has 0 bridgehead atoms. The van der Waals surface area contributed by atoms with Gasteiger partial charge in [-0.1, -0.05) is 23.7 Å². The van der Waals surface area contributed by atoms with Crippen LogP contribution in [0.4, 0.5) is 0 Å². The molecule has 4 N–H and O–H groups in total. The minimum atomic E-state index is -3.75. The van der Waals surface area contributed by atoms with Crippen LogP contribution < -0.4 is 11.1 Å². The van der Waals surface area contributed by atoms with E-state index in [0.29, 0.717) is 37.3 Å². The minimum Gasteiger partial charge on any atom is -0.466 e. The molecule has 0 aromatic heterocycles. The van der Waals surface area contributed by atoms with Gasteiger partial charge in [-0.05, 0) is 67.6 Å². The maximum atomic E-state index is 13.6. The molecule has 2 fully saturated rings. The number of guanidine groups is 1. The number of rotatable bonds is 6. The molecule has 2 aliphatic rings. The Morgan fingerprint density at radius 2 is 1.73 bits per heavy atom. The molecule has 10 nitrogen and oxygen atoms in total. The normalized spacial score (nSPS) is 23.0. The van der Waals surface area contributed by atoms with Gasteiger partial charge in [-0.3, -0.25) is 15.0 Å². The number of fused-ring (bicyclic) bond motifs is 1. The molecular weight excluding hydrogens is 518 g/mol. The smallest absolute Gasteiger partial charge is 0.308 e. The highest BCUT2D eigenvalue weighted by atomic mass is 35.5. The van der Waals surface area contributed by atoms with E-state index < -0.39 is 15.6 Å². The number of nitrogens with two attached hydrogens (primary N) is 1. The van der Waals surface area contributed by atoms with E-state index in [9.17, 15) is 18.0 Å². The van der Waals surface area contributed by atoms with Crippen LogP contribution in [0.5, 0.6) is 0 Å². The van der Waals surface area contributed by atoms with Crippen molar-refractivity contribution in [3.63, 3.8) is 0 Å². The lowest BCUT2D eigenvalue weighted by molar-refractivity contribution is -0.152. The van der Waals surface area contributed by atoms with Crippen LogP contribution in [0.1, 0.15) is 32.6 Å². The zero-order chi connectivity index (χ0) is 26.8. The van der Waals surface area contributed by atoms with Crippen molar-refractivity contribution in [2.45, 2.75) is 43.0 Å². The molecule has 37 heavy (non-hydrogen) atoms. The highest BCUT2D eigenvalue weighted by molar-refractivity contribution is 7.89. The molecule has 1 heterocycles. The van der Waals surface area contributed by atoms with Crippen LogP contribution >= 0.6 is 11.6 Å². The third kappa shape index (κ3) is 5.68. The summed E-state index contributed by atoms with van der Waals surface area (Å²) in [4.78, 5) is 27.6. The van der Waals surface area contributed by atoms with Gasteiger partial charge in [-0.2, -0.15) is 4.31 Å². The van der Waals surface area contributed by atoms with Gasteiger partial charge in [-0.15, -0.1) is 0 Å². The van der Waals surface area contributed by atoms with Crippen molar-refractivity contribution in [2.24, 2.45) is 11.7 Å². The minimum absolute atomic E-state index is 0.147. The lowest BCUT2D eigenvalue weighted by atomic mass is 9.75. The summed E-state index contributed by atoms with van der Waals surface area (Å²) in [5.41, 5.74) is 4.52. The van der Waals surface area contributed by atoms with Crippen molar-refractivity contribution in [2.75, 3.05) is 32.8 Å². The number of ether oxygens (including phenoxy) is 1. The van der Waals surface area contributed by atoms with Crippen LogP contribution in [0.15, 0.2) is 41.3 Å². The number of nitrogens with zero attached hydrogens (tertiary/aromatic N) is 2. The molecule has 2 aromatic carbocycles. The van der Waals surface area contributed by atoms with Gasteiger partial charge in [0.2, 0.25) is 15.9 Å². The van der Waals surface area contributed by atoms with E-state index in [4.69, 9.17) is 27.5 Å². The average Bonchev–Trinajstić information content (AvgIpc) is 2.88. The number of carbonyl (C=O) groups excluding carboxylic acids is 2. The maximum absolute atomic E-state index is 13.6. The summed E-state index contributed by atoms with van der Waals surface area (Å²) >= 11 is 6.03. The predicted molar refractivity (Wildman–Crippen MR) is 141 cm³/mol. The summed E-state index contributed by atoms with van der Waals surface area (Å²) < 4.78 is 33.2. The van der Waals surface area contributed by atoms with Gasteiger partial charge in [0.15, 0.2) is 5.96 Å². The third-order valence-electron chi connectivity index (χ3n) is 7.18. The lowest BCUT2D eigenvalue weighted by Gasteiger charge is -2.44. The first-order valence-electron chi connectivity index (χ1n) is 12.3. The number of hydrogen-bond acceptors (Lipinski definition) is 6. The van der Waals surface area contributed by atoms with E-state index in [1.54, 1.807) is 48.2 Å². The van der Waals surface area contributed by atoms with Gasteiger partial charge in [0, 0.05) is 31.2 Å². The molecule has 12 heteroatoms. The van der Waals surface area contributed by atoms with E-state index >= 15 is 0 Å². The Morgan fingerprint density at radius 3 is 2.35 bits per heavy atom. The van der Waals surface area contributed by atoms with Crippen molar-refractivity contribution in [3.05, 3.63) is 41.4 Å². The molecule has 1 saturated heterocycles. The second-order valence-electron chi connectivity index (χ2n) is 9.50. The molecule has 2 aromatic rings. The molecule has 4 rings (SSSR count). The Labute approximate surface area is 221 Å². The van der Waals surface area contributed by atoms with Gasteiger partial charge >= 0.3 is 5.97 Å². The van der Waals surface area contributed by atoms with Crippen LogP contribution in [-0.4, -0.2) is 73.8 Å². The first kappa shape index (κ1) is 27.2. The van der Waals surface area contributed by atoms with E-state index in [0.717, 1.165) is 10.8 Å². The zero-order valence-electron chi connectivity index (χ0n) is 20.7. The number of halogens is 1. The molecule has 1 amide bonds. The molecule has 0 atom stereocenters. The highest BCUT2D eigenvalue weighted by Gasteiger charge is 2.46. The average molecular weight is 550 g/mol. The fourth-order valence-corrected chi connectivity index (χ4v) is 6.83.